The van der Waals surface area contributed by atoms with Crippen molar-refractivity contribution in [3.05, 3.63) is 64.4 Å². The standard InChI is InChI=1S/C16H16BrClFN/c1-11(12-4-3-5-14(18)8-12)20(2)16-7-6-15(19)9-13(16)10-17/h3-9,11H,10H2,1-2H3. The fourth-order valence-electron chi connectivity index (χ4n) is 2.20. The van der Waals surface area contributed by atoms with Gasteiger partial charge in [0.25, 0.3) is 0 Å². The van der Waals surface area contributed by atoms with Crippen molar-refractivity contribution in [1.29, 1.82) is 0 Å². The van der Waals surface area contributed by atoms with Crippen molar-refractivity contribution in [3.63, 3.8) is 0 Å². The van der Waals surface area contributed by atoms with E-state index in [-0.39, 0.29) is 11.9 Å². The lowest BCUT2D eigenvalue weighted by molar-refractivity contribution is 0.625. The summed E-state index contributed by atoms with van der Waals surface area (Å²) in [7, 11) is 2.00. The van der Waals surface area contributed by atoms with Crippen LogP contribution in [-0.4, -0.2) is 7.05 Å². The molecule has 0 aliphatic rings. The molecule has 0 radical (unpaired) electrons. The van der Waals surface area contributed by atoms with Gasteiger partial charge in [0, 0.05) is 23.1 Å². The monoisotopic (exact) mass is 355 g/mol. The zero-order valence-corrected chi connectivity index (χ0v) is 13.7. The number of hydrogen-bond acceptors (Lipinski definition) is 1. The van der Waals surface area contributed by atoms with Crippen LogP contribution in [0.1, 0.15) is 24.1 Å². The fraction of sp³-hybridized carbons (Fsp3) is 0.250. The van der Waals surface area contributed by atoms with Gasteiger partial charge in [0.05, 0.1) is 6.04 Å². The van der Waals surface area contributed by atoms with Crippen LogP contribution in [0.15, 0.2) is 42.5 Å². The fourth-order valence-corrected chi connectivity index (χ4v) is 2.85. The topological polar surface area (TPSA) is 3.24 Å². The molecule has 1 unspecified atom stereocenters. The molecule has 0 bridgehead atoms. The molecule has 0 saturated heterocycles. The molecule has 0 saturated carbocycles. The van der Waals surface area contributed by atoms with Crippen molar-refractivity contribution < 1.29 is 4.39 Å². The Hall–Kier alpha value is -1.06. The van der Waals surface area contributed by atoms with Crippen molar-refractivity contribution in [3.8, 4) is 0 Å². The second kappa shape index (κ2) is 6.59. The summed E-state index contributed by atoms with van der Waals surface area (Å²) in [4.78, 5) is 2.13. The maximum atomic E-state index is 13.3. The molecule has 0 aliphatic heterocycles. The highest BCUT2D eigenvalue weighted by Gasteiger charge is 2.15. The molecule has 0 aromatic heterocycles. The van der Waals surface area contributed by atoms with E-state index in [1.165, 1.54) is 6.07 Å². The minimum Gasteiger partial charge on any atom is -0.368 e. The smallest absolute Gasteiger partial charge is 0.123 e. The number of benzene rings is 2. The van der Waals surface area contributed by atoms with Crippen molar-refractivity contribution in [1.82, 2.24) is 0 Å². The Balaban J connectivity index is 2.33. The molecule has 0 spiro atoms. The predicted molar refractivity (Wildman–Crippen MR) is 87.3 cm³/mol. The number of nitrogens with zero attached hydrogens (tertiary/aromatic N) is 1. The minimum atomic E-state index is -0.216. The van der Waals surface area contributed by atoms with Gasteiger partial charge in [-0.2, -0.15) is 0 Å². The second-order valence-electron chi connectivity index (χ2n) is 4.75. The highest BCUT2D eigenvalue weighted by molar-refractivity contribution is 9.08. The van der Waals surface area contributed by atoms with E-state index >= 15 is 0 Å². The normalized spacial score (nSPS) is 12.2. The summed E-state index contributed by atoms with van der Waals surface area (Å²) in [6, 6.07) is 12.8. The first-order chi connectivity index (χ1) is 9.52. The van der Waals surface area contributed by atoms with Crippen LogP contribution in [0, 0.1) is 5.82 Å². The molecule has 4 heteroatoms. The first-order valence-corrected chi connectivity index (χ1v) is 7.85. The van der Waals surface area contributed by atoms with Crippen molar-refractivity contribution >= 4 is 33.2 Å². The van der Waals surface area contributed by atoms with Crippen LogP contribution in [0.4, 0.5) is 10.1 Å². The molecule has 0 N–H and O–H groups in total. The molecular formula is C16H16BrClFN. The molecule has 0 aliphatic carbocycles. The number of hydrogen-bond donors (Lipinski definition) is 0. The van der Waals surface area contributed by atoms with Crippen LogP contribution >= 0.6 is 27.5 Å². The van der Waals surface area contributed by atoms with Crippen LogP contribution in [0.3, 0.4) is 0 Å². The Kier molecular flexibility index (Phi) is 5.06. The largest absolute Gasteiger partial charge is 0.368 e. The second-order valence-corrected chi connectivity index (χ2v) is 5.75. The maximum Gasteiger partial charge on any atom is 0.123 e. The van der Waals surface area contributed by atoms with Gasteiger partial charge in [0.1, 0.15) is 5.82 Å². The molecule has 1 nitrogen and oxygen atoms in total. The van der Waals surface area contributed by atoms with Crippen LogP contribution in [0.5, 0.6) is 0 Å². The zero-order valence-electron chi connectivity index (χ0n) is 11.4. The molecule has 106 valence electrons. The van der Waals surface area contributed by atoms with Gasteiger partial charge in [-0.15, -0.1) is 0 Å². The Morgan fingerprint density at radius 3 is 2.65 bits per heavy atom. The molecule has 0 heterocycles. The van der Waals surface area contributed by atoms with Gasteiger partial charge in [0.15, 0.2) is 0 Å². The lowest BCUT2D eigenvalue weighted by atomic mass is 10.1. The van der Waals surface area contributed by atoms with E-state index in [2.05, 4.69) is 27.8 Å². The van der Waals surface area contributed by atoms with E-state index in [1.54, 1.807) is 6.07 Å². The van der Waals surface area contributed by atoms with E-state index in [1.807, 2.05) is 37.4 Å². The third-order valence-corrected chi connectivity index (χ3v) is 4.32. The Bertz CT molecular complexity index is 603. The maximum absolute atomic E-state index is 13.3. The van der Waals surface area contributed by atoms with Gasteiger partial charge in [0.2, 0.25) is 0 Å². The van der Waals surface area contributed by atoms with Gasteiger partial charge in [-0.3, -0.25) is 0 Å². The molecule has 2 aromatic rings. The summed E-state index contributed by atoms with van der Waals surface area (Å²) >= 11 is 9.46. The number of halogens is 3. The Morgan fingerprint density at radius 2 is 2.00 bits per heavy atom. The van der Waals surface area contributed by atoms with Crippen LogP contribution in [0.2, 0.25) is 5.02 Å². The lowest BCUT2D eigenvalue weighted by Crippen LogP contribution is -2.22. The van der Waals surface area contributed by atoms with Crippen LogP contribution in [-0.2, 0) is 5.33 Å². The van der Waals surface area contributed by atoms with Gasteiger partial charge in [-0.25, -0.2) is 4.39 Å². The summed E-state index contributed by atoms with van der Waals surface area (Å²) in [5, 5.41) is 1.34. The zero-order chi connectivity index (χ0) is 14.7. The molecule has 0 fully saturated rings. The molecule has 0 amide bonds. The third kappa shape index (κ3) is 3.33. The first-order valence-electron chi connectivity index (χ1n) is 6.35. The Morgan fingerprint density at radius 1 is 1.25 bits per heavy atom. The summed E-state index contributed by atoms with van der Waals surface area (Å²) in [6.07, 6.45) is 0. The van der Waals surface area contributed by atoms with Gasteiger partial charge in [-0.05, 0) is 48.4 Å². The summed E-state index contributed by atoms with van der Waals surface area (Å²) < 4.78 is 13.3. The SMILES string of the molecule is CC(c1cccc(Cl)c1)N(C)c1ccc(F)cc1CBr. The third-order valence-electron chi connectivity index (χ3n) is 3.48. The van der Waals surface area contributed by atoms with E-state index < -0.39 is 0 Å². The number of anilines is 1. The van der Waals surface area contributed by atoms with Gasteiger partial charge >= 0.3 is 0 Å². The average Bonchev–Trinajstić information content (AvgIpc) is 2.45. The summed E-state index contributed by atoms with van der Waals surface area (Å²) in [5.41, 5.74) is 3.07. The van der Waals surface area contributed by atoms with E-state index in [9.17, 15) is 4.39 Å². The highest BCUT2D eigenvalue weighted by Crippen LogP contribution is 2.30. The molecule has 1 atom stereocenters. The first kappa shape index (κ1) is 15.3. The average molecular weight is 357 g/mol. The van der Waals surface area contributed by atoms with Gasteiger partial charge in [-0.1, -0.05) is 39.7 Å². The molecular weight excluding hydrogens is 341 g/mol. The lowest BCUT2D eigenvalue weighted by Gasteiger charge is -2.29. The Labute approximate surface area is 132 Å². The van der Waals surface area contributed by atoms with Crippen molar-refractivity contribution in [2.45, 2.75) is 18.3 Å². The van der Waals surface area contributed by atoms with Crippen LogP contribution in [0.25, 0.3) is 0 Å². The number of rotatable bonds is 4. The van der Waals surface area contributed by atoms with Gasteiger partial charge < -0.3 is 4.90 Å². The van der Waals surface area contributed by atoms with Crippen LogP contribution < -0.4 is 4.90 Å². The molecule has 2 rings (SSSR count). The number of alkyl halides is 1. The molecule has 20 heavy (non-hydrogen) atoms. The predicted octanol–water partition coefficient (Wildman–Crippen LogP) is 5.57. The van der Waals surface area contributed by atoms with Crippen molar-refractivity contribution in [2.75, 3.05) is 11.9 Å². The highest BCUT2D eigenvalue weighted by atomic mass is 79.9. The quantitative estimate of drug-likeness (QED) is 0.647. The van der Waals surface area contributed by atoms with E-state index in [4.69, 9.17) is 11.6 Å². The van der Waals surface area contributed by atoms with E-state index in [0.29, 0.717) is 5.33 Å². The summed E-state index contributed by atoms with van der Waals surface area (Å²) in [6.45, 7) is 2.10. The molecule has 2 aromatic carbocycles. The minimum absolute atomic E-state index is 0.150. The summed E-state index contributed by atoms with van der Waals surface area (Å²) in [5.74, 6) is -0.216. The van der Waals surface area contributed by atoms with Crippen molar-refractivity contribution in [2.24, 2.45) is 0 Å². The van der Waals surface area contributed by atoms with E-state index in [0.717, 1.165) is 21.8 Å².